The quantitative estimate of drug-likeness (QED) is 0.870. The number of carbonyl (C=O) groups excluding carboxylic acids is 1. The van der Waals surface area contributed by atoms with Gasteiger partial charge in [0.25, 0.3) is 0 Å². The van der Waals surface area contributed by atoms with Gasteiger partial charge in [0.15, 0.2) is 5.65 Å². The summed E-state index contributed by atoms with van der Waals surface area (Å²) in [5, 5.41) is 16.8. The molecule has 0 saturated carbocycles. The number of nitrogens with one attached hydrogen (secondary N) is 1. The van der Waals surface area contributed by atoms with Crippen LogP contribution >= 0.6 is 0 Å². The molecule has 122 valence electrons. The number of ether oxygens (including phenoxy) is 1. The molecule has 0 bridgehead atoms. The zero-order valence-electron chi connectivity index (χ0n) is 14.1. The zero-order chi connectivity index (χ0) is 17.2. The van der Waals surface area contributed by atoms with Gasteiger partial charge < -0.3 is 10.1 Å². The summed E-state index contributed by atoms with van der Waals surface area (Å²) in [6.07, 6.45) is 1.58. The summed E-state index contributed by atoms with van der Waals surface area (Å²) >= 11 is 0. The Hall–Kier alpha value is -2.62. The highest BCUT2D eigenvalue weighted by atomic mass is 16.5. The van der Waals surface area contributed by atoms with Crippen LogP contribution in [0.15, 0.2) is 6.20 Å². The second-order valence-electron chi connectivity index (χ2n) is 6.29. The molecule has 0 spiro atoms. The van der Waals surface area contributed by atoms with Gasteiger partial charge in [-0.15, -0.1) is 0 Å². The summed E-state index contributed by atoms with van der Waals surface area (Å²) in [5.41, 5.74) is 2.02. The van der Waals surface area contributed by atoms with E-state index in [1.54, 1.807) is 11.4 Å². The van der Waals surface area contributed by atoms with E-state index in [4.69, 9.17) is 4.74 Å². The third-order valence-electron chi connectivity index (χ3n) is 3.19. The molecule has 0 amide bonds. The minimum atomic E-state index is -0.318. The summed E-state index contributed by atoms with van der Waals surface area (Å²) in [6, 6.07) is 2.08. The summed E-state index contributed by atoms with van der Waals surface area (Å²) in [4.78, 5) is 16.4. The van der Waals surface area contributed by atoms with Crippen molar-refractivity contribution in [3.8, 4) is 6.07 Å². The number of hydrogen-bond acceptors (Lipinski definition) is 6. The smallest absolute Gasteiger partial charge is 0.310 e. The van der Waals surface area contributed by atoms with Gasteiger partial charge in [0.2, 0.25) is 0 Å². The maximum atomic E-state index is 11.9. The van der Waals surface area contributed by atoms with Crippen molar-refractivity contribution in [2.45, 2.75) is 46.6 Å². The number of fused-ring (bicyclic) bond motifs is 1. The number of rotatable bonds is 4. The molecule has 1 N–H and O–H groups in total. The van der Waals surface area contributed by atoms with Crippen LogP contribution in [0.2, 0.25) is 0 Å². The van der Waals surface area contributed by atoms with Crippen LogP contribution < -0.4 is 5.32 Å². The summed E-state index contributed by atoms with van der Waals surface area (Å²) in [5.74, 6) is 0.343. The van der Waals surface area contributed by atoms with Crippen LogP contribution in [-0.2, 0) is 16.0 Å². The Morgan fingerprint density at radius 2 is 2.17 bits per heavy atom. The van der Waals surface area contributed by atoms with E-state index in [1.165, 1.54) is 6.20 Å². The maximum Gasteiger partial charge on any atom is 0.310 e. The summed E-state index contributed by atoms with van der Waals surface area (Å²) in [6.45, 7) is 9.95. The van der Waals surface area contributed by atoms with Gasteiger partial charge in [0.1, 0.15) is 17.5 Å². The monoisotopic (exact) mass is 315 g/mol. The van der Waals surface area contributed by atoms with E-state index >= 15 is 0 Å². The Morgan fingerprint density at radius 1 is 1.48 bits per heavy atom. The molecule has 0 aliphatic rings. The van der Waals surface area contributed by atoms with Gasteiger partial charge in [0, 0.05) is 16.8 Å². The van der Waals surface area contributed by atoms with Crippen LogP contribution in [0, 0.1) is 18.3 Å². The van der Waals surface area contributed by atoms with Gasteiger partial charge in [-0.2, -0.15) is 14.9 Å². The van der Waals surface area contributed by atoms with E-state index < -0.39 is 0 Å². The van der Waals surface area contributed by atoms with Crippen LogP contribution in [0.5, 0.6) is 0 Å². The molecule has 2 rings (SSSR count). The summed E-state index contributed by atoms with van der Waals surface area (Å²) < 4.78 is 6.62. The normalized spacial score (nSPS) is 11.3. The van der Waals surface area contributed by atoms with Gasteiger partial charge in [-0.1, -0.05) is 0 Å². The van der Waals surface area contributed by atoms with E-state index in [0.29, 0.717) is 29.3 Å². The van der Waals surface area contributed by atoms with Gasteiger partial charge in [0.05, 0.1) is 19.2 Å². The second-order valence-corrected chi connectivity index (χ2v) is 6.29. The molecule has 0 fully saturated rings. The number of aryl methyl sites for hydroxylation is 1. The molecule has 23 heavy (non-hydrogen) atoms. The lowest BCUT2D eigenvalue weighted by Crippen LogP contribution is -2.29. The van der Waals surface area contributed by atoms with Crippen molar-refractivity contribution in [3.63, 3.8) is 0 Å². The second kappa shape index (κ2) is 6.24. The number of aromatic nitrogens is 3. The zero-order valence-corrected chi connectivity index (χ0v) is 14.1. The number of anilines is 1. The standard InChI is InChI=1S/C16H21N5O2/c1-6-23-13(22)7-12-10(2)19-14-11(8-17)9-18-21(14)15(12)20-16(3,4)5/h9,20H,6-7H2,1-5H3. The van der Waals surface area contributed by atoms with Crippen LogP contribution in [-0.4, -0.2) is 32.7 Å². The third-order valence-corrected chi connectivity index (χ3v) is 3.19. The van der Waals surface area contributed by atoms with Crippen molar-refractivity contribution < 1.29 is 9.53 Å². The maximum absolute atomic E-state index is 11.9. The fraction of sp³-hybridized carbons (Fsp3) is 0.500. The van der Waals surface area contributed by atoms with Gasteiger partial charge in [-0.3, -0.25) is 4.79 Å². The largest absolute Gasteiger partial charge is 0.466 e. The Bertz CT molecular complexity index is 780. The molecule has 0 aliphatic carbocycles. The highest BCUT2D eigenvalue weighted by Gasteiger charge is 2.22. The minimum Gasteiger partial charge on any atom is -0.466 e. The number of nitrogens with zero attached hydrogens (tertiary/aromatic N) is 4. The van der Waals surface area contributed by atoms with Crippen molar-refractivity contribution in [2.24, 2.45) is 0 Å². The van der Waals surface area contributed by atoms with Crippen molar-refractivity contribution >= 4 is 17.4 Å². The molecule has 2 heterocycles. The molecule has 7 heteroatoms. The predicted molar refractivity (Wildman–Crippen MR) is 86.2 cm³/mol. The molecule has 7 nitrogen and oxygen atoms in total. The topological polar surface area (TPSA) is 92.3 Å². The average Bonchev–Trinajstić information content (AvgIpc) is 2.84. The number of hydrogen-bond donors (Lipinski definition) is 1. The average molecular weight is 315 g/mol. The molecule has 0 saturated heterocycles. The minimum absolute atomic E-state index is 0.1000. The number of nitriles is 1. The van der Waals surface area contributed by atoms with E-state index in [2.05, 4.69) is 21.5 Å². The van der Waals surface area contributed by atoms with Crippen molar-refractivity contribution in [2.75, 3.05) is 11.9 Å². The fourth-order valence-corrected chi connectivity index (χ4v) is 2.27. The van der Waals surface area contributed by atoms with E-state index in [-0.39, 0.29) is 17.9 Å². The molecular weight excluding hydrogens is 294 g/mol. The molecule has 0 aromatic carbocycles. The Kier molecular flexibility index (Phi) is 4.55. The number of carbonyl (C=O) groups is 1. The van der Waals surface area contributed by atoms with Crippen LogP contribution in [0.25, 0.3) is 5.65 Å². The van der Waals surface area contributed by atoms with Crippen LogP contribution in [0.1, 0.15) is 44.5 Å². The molecule has 0 aliphatic heterocycles. The highest BCUT2D eigenvalue weighted by Crippen LogP contribution is 2.25. The molecule has 2 aromatic heterocycles. The van der Waals surface area contributed by atoms with Crippen molar-refractivity contribution in [1.29, 1.82) is 5.26 Å². The highest BCUT2D eigenvalue weighted by molar-refractivity contribution is 5.76. The Balaban J connectivity index is 2.64. The first-order valence-electron chi connectivity index (χ1n) is 7.48. The van der Waals surface area contributed by atoms with Crippen LogP contribution in [0.3, 0.4) is 0 Å². The van der Waals surface area contributed by atoms with E-state index in [0.717, 1.165) is 5.56 Å². The summed E-state index contributed by atoms with van der Waals surface area (Å²) in [7, 11) is 0. The molecule has 0 radical (unpaired) electrons. The van der Waals surface area contributed by atoms with Gasteiger partial charge in [-0.05, 0) is 34.6 Å². The Morgan fingerprint density at radius 3 is 2.74 bits per heavy atom. The first kappa shape index (κ1) is 16.7. The molecular formula is C16H21N5O2. The fourth-order valence-electron chi connectivity index (χ4n) is 2.27. The van der Waals surface area contributed by atoms with Crippen molar-refractivity contribution in [3.05, 3.63) is 23.0 Å². The third kappa shape index (κ3) is 3.59. The first-order chi connectivity index (χ1) is 10.8. The number of esters is 1. The SMILES string of the molecule is CCOC(=O)Cc1c(C)nc2c(C#N)cnn2c1NC(C)(C)C. The molecule has 2 aromatic rings. The van der Waals surface area contributed by atoms with Crippen LogP contribution in [0.4, 0.5) is 5.82 Å². The van der Waals surface area contributed by atoms with E-state index in [1.807, 2.05) is 27.7 Å². The molecule has 0 unspecified atom stereocenters. The van der Waals surface area contributed by atoms with Gasteiger partial charge in [-0.25, -0.2) is 4.98 Å². The Labute approximate surface area is 135 Å². The first-order valence-corrected chi connectivity index (χ1v) is 7.48. The van der Waals surface area contributed by atoms with E-state index in [9.17, 15) is 10.1 Å². The predicted octanol–water partition coefficient (Wildman–Crippen LogP) is 2.23. The van der Waals surface area contributed by atoms with Crippen molar-refractivity contribution in [1.82, 2.24) is 14.6 Å². The lowest BCUT2D eigenvalue weighted by atomic mass is 10.1. The molecule has 0 atom stereocenters. The lowest BCUT2D eigenvalue weighted by Gasteiger charge is -2.25. The van der Waals surface area contributed by atoms with Gasteiger partial charge >= 0.3 is 5.97 Å². The lowest BCUT2D eigenvalue weighted by molar-refractivity contribution is -0.142.